The molecule has 0 saturated heterocycles. The number of carboxylic acid groups (broad SMARTS) is 1. The molecular weight excluding hydrogens is 376 g/mol. The van der Waals surface area contributed by atoms with Crippen molar-refractivity contribution in [2.24, 2.45) is 0 Å². The van der Waals surface area contributed by atoms with Crippen LogP contribution in [-0.4, -0.2) is 48.4 Å². The molecule has 0 radical (unpaired) electrons. The fourth-order valence-corrected chi connectivity index (χ4v) is 5.10. The predicted octanol–water partition coefficient (Wildman–Crippen LogP) is 5.25. The Kier molecular flexibility index (Phi) is 6.58. The molecule has 160 valence electrons. The van der Waals surface area contributed by atoms with Gasteiger partial charge in [0.25, 0.3) is 0 Å². The molecule has 1 aliphatic heterocycles. The molecule has 2 aromatic carbocycles. The van der Waals surface area contributed by atoms with Crippen molar-refractivity contribution in [2.75, 3.05) is 25.0 Å². The van der Waals surface area contributed by atoms with Crippen molar-refractivity contribution in [3.05, 3.63) is 59.7 Å². The van der Waals surface area contributed by atoms with Crippen LogP contribution in [0.2, 0.25) is 0 Å². The molecule has 0 aromatic heterocycles. The van der Waals surface area contributed by atoms with Crippen LogP contribution in [0.25, 0.3) is 0 Å². The summed E-state index contributed by atoms with van der Waals surface area (Å²) in [7, 11) is 2.11. The summed E-state index contributed by atoms with van der Waals surface area (Å²) in [6.45, 7) is 1.86. The summed E-state index contributed by atoms with van der Waals surface area (Å²) in [6.07, 6.45) is 5.80. The molecule has 2 unspecified atom stereocenters. The van der Waals surface area contributed by atoms with Gasteiger partial charge in [-0.15, -0.1) is 0 Å². The Morgan fingerprint density at radius 2 is 1.63 bits per heavy atom. The third-order valence-electron chi connectivity index (χ3n) is 6.61. The molecule has 30 heavy (non-hydrogen) atoms. The molecule has 2 aliphatic rings. The summed E-state index contributed by atoms with van der Waals surface area (Å²) in [5, 5.41) is 9.08. The average molecular weight is 409 g/mol. The number of fused-ring (bicyclic) bond motifs is 2. The first-order chi connectivity index (χ1) is 14.6. The number of hydrogen-bond donors (Lipinski definition) is 1. The molecule has 1 heterocycles. The summed E-state index contributed by atoms with van der Waals surface area (Å²) in [5.74, 6) is 0. The summed E-state index contributed by atoms with van der Waals surface area (Å²) in [4.78, 5) is 15.9. The van der Waals surface area contributed by atoms with Gasteiger partial charge in [0.1, 0.15) is 6.10 Å². The number of benzene rings is 2. The van der Waals surface area contributed by atoms with Crippen LogP contribution in [0.15, 0.2) is 48.5 Å². The number of rotatable bonds is 6. The average Bonchev–Trinajstić information content (AvgIpc) is 2.91. The lowest BCUT2D eigenvalue weighted by Crippen LogP contribution is -2.46. The van der Waals surface area contributed by atoms with Crippen molar-refractivity contribution in [3.8, 4) is 0 Å². The van der Waals surface area contributed by atoms with Crippen molar-refractivity contribution in [1.29, 1.82) is 0 Å². The van der Waals surface area contributed by atoms with Crippen molar-refractivity contribution < 1.29 is 14.6 Å². The summed E-state index contributed by atoms with van der Waals surface area (Å²) >= 11 is 0. The largest absolute Gasteiger partial charge is 0.506 e. The van der Waals surface area contributed by atoms with E-state index in [2.05, 4.69) is 65.4 Å². The second-order valence-corrected chi connectivity index (χ2v) is 8.52. The van der Waals surface area contributed by atoms with E-state index < -0.39 is 6.16 Å². The van der Waals surface area contributed by atoms with Crippen molar-refractivity contribution >= 4 is 17.5 Å². The van der Waals surface area contributed by atoms with E-state index in [1.54, 1.807) is 0 Å². The number of aryl methyl sites for hydroxylation is 2. The molecule has 5 heteroatoms. The van der Waals surface area contributed by atoms with Gasteiger partial charge in [-0.3, -0.25) is 4.90 Å². The van der Waals surface area contributed by atoms with Gasteiger partial charge >= 0.3 is 6.16 Å². The quantitative estimate of drug-likeness (QED) is 0.662. The first-order valence-electron chi connectivity index (χ1n) is 11.2. The molecule has 4 rings (SSSR count). The lowest BCUT2D eigenvalue weighted by Gasteiger charge is -2.37. The zero-order chi connectivity index (χ0) is 20.9. The van der Waals surface area contributed by atoms with E-state index in [-0.39, 0.29) is 12.1 Å². The predicted molar refractivity (Wildman–Crippen MR) is 120 cm³/mol. The smallest absolute Gasteiger partial charge is 0.450 e. The highest BCUT2D eigenvalue weighted by Crippen LogP contribution is 2.36. The first kappa shape index (κ1) is 20.7. The third-order valence-corrected chi connectivity index (χ3v) is 6.61. The van der Waals surface area contributed by atoms with Crippen LogP contribution >= 0.6 is 0 Å². The Hall–Kier alpha value is -2.53. The second-order valence-electron chi connectivity index (χ2n) is 8.52. The van der Waals surface area contributed by atoms with Gasteiger partial charge in [0.15, 0.2) is 0 Å². The maximum Gasteiger partial charge on any atom is 0.506 e. The maximum absolute atomic E-state index is 11.1. The minimum absolute atomic E-state index is 0.179. The summed E-state index contributed by atoms with van der Waals surface area (Å²) < 4.78 is 5.20. The van der Waals surface area contributed by atoms with Crippen LogP contribution in [0.4, 0.5) is 16.2 Å². The minimum atomic E-state index is -1.15. The van der Waals surface area contributed by atoms with Gasteiger partial charge in [-0.25, -0.2) is 4.79 Å². The van der Waals surface area contributed by atoms with E-state index in [0.29, 0.717) is 0 Å². The van der Waals surface area contributed by atoms with E-state index in [4.69, 9.17) is 9.84 Å². The fraction of sp³-hybridized carbons (Fsp3) is 0.480. The summed E-state index contributed by atoms with van der Waals surface area (Å²) in [6, 6.07) is 17.7. The number of nitrogens with zero attached hydrogens (tertiary/aromatic N) is 2. The molecule has 5 nitrogen and oxygen atoms in total. The zero-order valence-electron chi connectivity index (χ0n) is 17.8. The van der Waals surface area contributed by atoms with Crippen LogP contribution in [-0.2, 0) is 17.6 Å². The molecule has 1 saturated carbocycles. The van der Waals surface area contributed by atoms with Crippen LogP contribution < -0.4 is 4.90 Å². The topological polar surface area (TPSA) is 53.0 Å². The Bertz CT molecular complexity index is 821. The van der Waals surface area contributed by atoms with Gasteiger partial charge in [-0.2, -0.15) is 0 Å². The third kappa shape index (κ3) is 4.62. The van der Waals surface area contributed by atoms with Crippen molar-refractivity contribution in [1.82, 2.24) is 4.90 Å². The molecular formula is C25H32N2O3. The lowest BCUT2D eigenvalue weighted by molar-refractivity contribution is -0.0110. The fourth-order valence-electron chi connectivity index (χ4n) is 5.10. The van der Waals surface area contributed by atoms with E-state index in [9.17, 15) is 4.79 Å². The molecule has 1 aliphatic carbocycles. The molecule has 1 N–H and O–H groups in total. The monoisotopic (exact) mass is 408 g/mol. The van der Waals surface area contributed by atoms with Crippen LogP contribution in [0.3, 0.4) is 0 Å². The Labute approximate surface area is 179 Å². The van der Waals surface area contributed by atoms with Gasteiger partial charge in [-0.05, 0) is 75.4 Å². The number of hydrogen-bond acceptors (Lipinski definition) is 4. The second kappa shape index (κ2) is 9.52. The highest BCUT2D eigenvalue weighted by molar-refractivity contribution is 5.71. The van der Waals surface area contributed by atoms with Gasteiger partial charge in [0, 0.05) is 24.0 Å². The number of likely N-dealkylation sites (N-methyl/N-ethyl adjacent to an activating group) is 1. The summed E-state index contributed by atoms with van der Waals surface area (Å²) in [5.41, 5.74) is 5.44. The van der Waals surface area contributed by atoms with Gasteiger partial charge in [-0.1, -0.05) is 42.8 Å². The van der Waals surface area contributed by atoms with Crippen LogP contribution in [0, 0.1) is 0 Å². The Balaban J connectivity index is 1.45. The zero-order valence-corrected chi connectivity index (χ0v) is 17.8. The molecule has 1 fully saturated rings. The molecule has 2 atom stereocenters. The number of ether oxygens (including phenoxy) is 1. The van der Waals surface area contributed by atoms with Crippen LogP contribution in [0.5, 0.6) is 0 Å². The normalized spacial score (nSPS) is 20.9. The SMILES string of the molecule is CN(CCCN1c2ccccc2CCc2ccccc21)C1CCCCC1OC(=O)O. The number of anilines is 2. The Morgan fingerprint density at radius 1 is 1.03 bits per heavy atom. The van der Waals surface area contributed by atoms with Gasteiger partial charge in [0.2, 0.25) is 0 Å². The standard InChI is InChI=1S/C25H32N2O3/c1-26(23-13-6-7-14-24(23)30-25(28)29)17-8-18-27-21-11-4-2-9-19(21)15-16-20-10-3-5-12-22(20)27/h2-5,9-12,23-24H,6-8,13-18H2,1H3,(H,28,29). The van der Waals surface area contributed by atoms with Crippen molar-refractivity contribution in [3.63, 3.8) is 0 Å². The first-order valence-corrected chi connectivity index (χ1v) is 11.2. The van der Waals surface area contributed by atoms with Gasteiger partial charge < -0.3 is 14.7 Å². The molecule has 0 amide bonds. The van der Waals surface area contributed by atoms with E-state index in [0.717, 1.165) is 58.0 Å². The highest BCUT2D eigenvalue weighted by Gasteiger charge is 2.31. The van der Waals surface area contributed by atoms with Gasteiger partial charge in [0.05, 0.1) is 0 Å². The van der Waals surface area contributed by atoms with E-state index in [1.807, 2.05) is 0 Å². The van der Waals surface area contributed by atoms with Crippen molar-refractivity contribution in [2.45, 2.75) is 57.1 Å². The maximum atomic E-state index is 11.1. The highest BCUT2D eigenvalue weighted by atomic mass is 16.7. The Morgan fingerprint density at radius 3 is 2.27 bits per heavy atom. The number of para-hydroxylation sites is 2. The minimum Gasteiger partial charge on any atom is -0.450 e. The van der Waals surface area contributed by atoms with E-state index >= 15 is 0 Å². The van der Waals surface area contributed by atoms with E-state index in [1.165, 1.54) is 22.5 Å². The lowest BCUT2D eigenvalue weighted by atomic mass is 9.91. The van der Waals surface area contributed by atoms with Crippen LogP contribution in [0.1, 0.15) is 43.2 Å². The molecule has 2 aromatic rings. The molecule has 0 bridgehead atoms. The molecule has 0 spiro atoms. The number of carbonyl (C=O) groups is 1.